The highest BCUT2D eigenvalue weighted by atomic mass is 35.5. The van der Waals surface area contributed by atoms with Gasteiger partial charge in [0.2, 0.25) is 5.90 Å². The van der Waals surface area contributed by atoms with Crippen LogP contribution in [0, 0.1) is 0 Å². The van der Waals surface area contributed by atoms with Gasteiger partial charge in [0.15, 0.2) is 11.6 Å². The zero-order chi connectivity index (χ0) is 29.1. The van der Waals surface area contributed by atoms with Gasteiger partial charge in [0.05, 0.1) is 6.61 Å². The Labute approximate surface area is 251 Å². The van der Waals surface area contributed by atoms with Crippen molar-refractivity contribution in [3.63, 3.8) is 0 Å². The fourth-order valence-electron chi connectivity index (χ4n) is 4.46. The van der Waals surface area contributed by atoms with Crippen LogP contribution in [0.4, 0.5) is 0 Å². The van der Waals surface area contributed by atoms with Crippen molar-refractivity contribution in [2.24, 2.45) is 4.99 Å². The van der Waals surface area contributed by atoms with E-state index in [0.29, 0.717) is 52.4 Å². The molecule has 0 aliphatic carbocycles. The molecular weight excluding hydrogens is 561 g/mol. The summed E-state index contributed by atoms with van der Waals surface area (Å²) >= 11 is 12.9. The lowest BCUT2D eigenvalue weighted by Gasteiger charge is -2.30. The number of nitrogens with one attached hydrogen (secondary N) is 2. The second-order valence-corrected chi connectivity index (χ2v) is 10.6. The molecule has 9 heteroatoms. The van der Waals surface area contributed by atoms with Gasteiger partial charge in [-0.25, -0.2) is 10.4 Å². The fourth-order valence-corrected chi connectivity index (χ4v) is 4.97. The SMILES string of the molecule is CCCCNNC(=O)[C@@]1(C/C=C/c2ccccc2)N=C(c2ccc(OCCCO)cc2)O[C@H]1c1ccc(Cl)cc1Cl. The molecule has 1 heterocycles. The molecule has 1 amide bonds. The number of ether oxygens (including phenoxy) is 2. The summed E-state index contributed by atoms with van der Waals surface area (Å²) in [6, 6.07) is 22.3. The number of hydrogen-bond acceptors (Lipinski definition) is 6. The molecular formula is C32H35Cl2N3O4. The average molecular weight is 597 g/mol. The van der Waals surface area contributed by atoms with Crippen molar-refractivity contribution in [3.8, 4) is 5.75 Å². The minimum absolute atomic E-state index is 0.0630. The lowest BCUT2D eigenvalue weighted by Crippen LogP contribution is -2.52. The van der Waals surface area contributed by atoms with Gasteiger partial charge >= 0.3 is 0 Å². The smallest absolute Gasteiger partial charge is 0.266 e. The van der Waals surface area contributed by atoms with E-state index >= 15 is 0 Å². The highest BCUT2D eigenvalue weighted by Crippen LogP contribution is 2.45. The van der Waals surface area contributed by atoms with Crippen molar-refractivity contribution in [1.29, 1.82) is 0 Å². The number of carbonyl (C=O) groups is 1. The van der Waals surface area contributed by atoms with E-state index in [1.807, 2.05) is 66.7 Å². The third kappa shape index (κ3) is 7.89. The van der Waals surface area contributed by atoms with Crippen LogP contribution in [0.5, 0.6) is 5.75 Å². The minimum Gasteiger partial charge on any atom is -0.494 e. The number of halogens is 2. The van der Waals surface area contributed by atoms with Gasteiger partial charge < -0.3 is 14.6 Å². The number of unbranched alkanes of at least 4 members (excludes halogenated alkanes) is 1. The van der Waals surface area contributed by atoms with Gasteiger partial charge in [-0.05, 0) is 48.4 Å². The quantitative estimate of drug-likeness (QED) is 0.145. The number of benzene rings is 3. The van der Waals surface area contributed by atoms with E-state index in [9.17, 15) is 4.79 Å². The Morgan fingerprint density at radius 1 is 1.10 bits per heavy atom. The number of carbonyl (C=O) groups excluding carboxylic acids is 1. The van der Waals surface area contributed by atoms with Crippen molar-refractivity contribution in [2.45, 2.75) is 44.2 Å². The molecule has 0 unspecified atom stereocenters. The number of hydrogen-bond donors (Lipinski definition) is 3. The lowest BCUT2D eigenvalue weighted by molar-refractivity contribution is -0.129. The normalized spacial score (nSPS) is 18.2. The molecule has 0 spiro atoms. The summed E-state index contributed by atoms with van der Waals surface area (Å²) in [5.41, 5.74) is 6.85. The summed E-state index contributed by atoms with van der Waals surface area (Å²) < 4.78 is 12.2. The first-order valence-corrected chi connectivity index (χ1v) is 14.5. The molecule has 1 aliphatic rings. The van der Waals surface area contributed by atoms with Crippen LogP contribution in [0.2, 0.25) is 10.0 Å². The van der Waals surface area contributed by atoms with Gasteiger partial charge in [-0.15, -0.1) is 0 Å². The zero-order valence-corrected chi connectivity index (χ0v) is 24.5. The van der Waals surface area contributed by atoms with Crippen LogP contribution in [0.25, 0.3) is 6.08 Å². The standard InChI is InChI=1S/C32H35Cl2N3O4/c1-2-3-19-35-37-31(39)32(18-7-11-23-9-5-4-6-10-23)29(27-17-14-25(33)22-28(27)34)41-30(36-32)24-12-15-26(16-13-24)40-21-8-20-38/h4-7,9-17,22,29,35,38H,2-3,8,18-21H2,1H3,(H,37,39)/b11-7+/t29-,32-/m0/s1. The lowest BCUT2D eigenvalue weighted by atomic mass is 9.84. The molecule has 0 saturated heterocycles. The molecule has 3 N–H and O–H groups in total. The zero-order valence-electron chi connectivity index (χ0n) is 23.0. The van der Waals surface area contributed by atoms with E-state index in [2.05, 4.69) is 17.8 Å². The third-order valence-electron chi connectivity index (χ3n) is 6.67. The molecule has 2 atom stereocenters. The van der Waals surface area contributed by atoms with Gasteiger partial charge in [0, 0.05) is 47.2 Å². The maximum absolute atomic E-state index is 14.0. The maximum Gasteiger partial charge on any atom is 0.266 e. The van der Waals surface area contributed by atoms with E-state index in [1.54, 1.807) is 18.2 Å². The van der Waals surface area contributed by atoms with E-state index in [-0.39, 0.29) is 18.9 Å². The molecule has 0 fully saturated rings. The van der Waals surface area contributed by atoms with Crippen molar-refractivity contribution in [3.05, 3.63) is 106 Å². The average Bonchev–Trinajstić information content (AvgIpc) is 3.36. The predicted octanol–water partition coefficient (Wildman–Crippen LogP) is 6.54. The van der Waals surface area contributed by atoms with E-state index < -0.39 is 11.6 Å². The Kier molecular flexibility index (Phi) is 11.2. The van der Waals surface area contributed by atoms with Crippen LogP contribution in [0.3, 0.4) is 0 Å². The highest BCUT2D eigenvalue weighted by molar-refractivity contribution is 6.35. The molecule has 3 aromatic rings. The van der Waals surface area contributed by atoms with Crippen LogP contribution in [-0.4, -0.2) is 42.2 Å². The predicted molar refractivity (Wildman–Crippen MR) is 164 cm³/mol. The number of aliphatic hydroxyl groups is 1. The third-order valence-corrected chi connectivity index (χ3v) is 7.23. The number of amides is 1. The molecule has 1 aliphatic heterocycles. The molecule has 4 rings (SSSR count). The Morgan fingerprint density at radius 3 is 2.59 bits per heavy atom. The summed E-state index contributed by atoms with van der Waals surface area (Å²) in [6.07, 6.45) is 5.77. The van der Waals surface area contributed by atoms with Gasteiger partial charge in [0.25, 0.3) is 5.91 Å². The minimum atomic E-state index is -1.37. The molecule has 0 saturated carbocycles. The van der Waals surface area contributed by atoms with Gasteiger partial charge in [0.1, 0.15) is 5.75 Å². The summed E-state index contributed by atoms with van der Waals surface area (Å²) in [5, 5.41) is 9.88. The number of hydrazine groups is 1. The number of aliphatic imine (C=N–C) groups is 1. The van der Waals surface area contributed by atoms with Crippen molar-refractivity contribution >= 4 is 41.1 Å². The summed E-state index contributed by atoms with van der Waals surface area (Å²) in [7, 11) is 0. The molecule has 0 aromatic heterocycles. The first kappa shape index (κ1) is 30.6. The molecule has 0 bridgehead atoms. The van der Waals surface area contributed by atoms with E-state index in [0.717, 1.165) is 18.4 Å². The van der Waals surface area contributed by atoms with E-state index in [1.165, 1.54) is 0 Å². The maximum atomic E-state index is 14.0. The van der Waals surface area contributed by atoms with Crippen LogP contribution in [-0.2, 0) is 9.53 Å². The molecule has 0 radical (unpaired) electrons. The van der Waals surface area contributed by atoms with Gasteiger partial charge in [-0.3, -0.25) is 10.2 Å². The first-order valence-electron chi connectivity index (χ1n) is 13.8. The fraction of sp³-hybridized carbons (Fsp3) is 0.312. The number of aliphatic hydroxyl groups excluding tert-OH is 1. The van der Waals surface area contributed by atoms with Crippen LogP contribution < -0.4 is 15.6 Å². The highest BCUT2D eigenvalue weighted by Gasteiger charge is 2.53. The topological polar surface area (TPSA) is 92.2 Å². The molecule has 7 nitrogen and oxygen atoms in total. The van der Waals surface area contributed by atoms with Crippen LogP contribution >= 0.6 is 23.2 Å². The van der Waals surface area contributed by atoms with Crippen LogP contribution in [0.1, 0.15) is 55.4 Å². The Morgan fingerprint density at radius 2 is 1.88 bits per heavy atom. The van der Waals surface area contributed by atoms with Gasteiger partial charge in [-0.1, -0.05) is 85.1 Å². The molecule has 41 heavy (non-hydrogen) atoms. The second kappa shape index (κ2) is 15.0. The summed E-state index contributed by atoms with van der Waals surface area (Å²) in [6.45, 7) is 3.18. The van der Waals surface area contributed by atoms with Crippen molar-refractivity contribution in [1.82, 2.24) is 10.9 Å². The number of rotatable bonds is 14. The molecule has 3 aromatic carbocycles. The van der Waals surface area contributed by atoms with Crippen LogP contribution in [0.15, 0.2) is 83.9 Å². The largest absolute Gasteiger partial charge is 0.494 e. The second-order valence-electron chi connectivity index (χ2n) is 9.71. The van der Waals surface area contributed by atoms with Gasteiger partial charge in [-0.2, -0.15) is 0 Å². The monoisotopic (exact) mass is 595 g/mol. The molecule has 216 valence electrons. The Bertz CT molecular complexity index is 1350. The first-order chi connectivity index (χ1) is 20.0. The van der Waals surface area contributed by atoms with Crippen molar-refractivity contribution in [2.75, 3.05) is 19.8 Å². The Balaban J connectivity index is 1.73. The Hall–Kier alpha value is -3.36. The van der Waals surface area contributed by atoms with Crippen molar-refractivity contribution < 1.29 is 19.4 Å². The van der Waals surface area contributed by atoms with E-state index in [4.69, 9.17) is 42.8 Å². The summed E-state index contributed by atoms with van der Waals surface area (Å²) in [5.74, 6) is 0.647. The summed E-state index contributed by atoms with van der Waals surface area (Å²) in [4.78, 5) is 19.0. The number of nitrogens with zero attached hydrogens (tertiary/aromatic N) is 1.